The summed E-state index contributed by atoms with van der Waals surface area (Å²) in [4.78, 5) is 38.3. The molecule has 6 nitrogen and oxygen atoms in total. The summed E-state index contributed by atoms with van der Waals surface area (Å²) in [5, 5.41) is 0. The zero-order valence-electron chi connectivity index (χ0n) is 51.3. The lowest BCUT2D eigenvalue weighted by Crippen LogP contribution is -2.30. The molecule has 446 valence electrons. The number of hydrogen-bond acceptors (Lipinski definition) is 6. The standard InChI is InChI=1S/C70H130O6/c1-4-7-10-13-16-19-22-25-27-29-31-33-34-35-36-37-39-40-42-45-48-51-54-57-60-63-69(72)75-66-67(65-74-68(71)62-59-56-53-50-47-44-24-21-18-15-12-9-6-3)76-70(73)64-61-58-55-52-49-46-43-41-38-32-30-28-26-23-20-17-14-11-8-5-2/h9,12,18,21,44,47,67H,4-8,10-11,13-17,19-20,22-43,45-46,48-66H2,1-3H3/b12-9-,21-18-,47-44-. The fourth-order valence-corrected chi connectivity index (χ4v) is 10.3. The van der Waals surface area contributed by atoms with E-state index in [4.69, 9.17) is 14.2 Å². The minimum absolute atomic E-state index is 0.0759. The largest absolute Gasteiger partial charge is 0.462 e. The summed E-state index contributed by atoms with van der Waals surface area (Å²) in [6.07, 6.45) is 80.4. The zero-order chi connectivity index (χ0) is 55.0. The number of esters is 3. The van der Waals surface area contributed by atoms with E-state index < -0.39 is 6.10 Å². The number of hydrogen-bond donors (Lipinski definition) is 0. The van der Waals surface area contributed by atoms with Gasteiger partial charge in [0.05, 0.1) is 0 Å². The Kier molecular flexibility index (Phi) is 63.1. The normalized spacial score (nSPS) is 12.2. The van der Waals surface area contributed by atoms with Crippen molar-refractivity contribution in [2.75, 3.05) is 13.2 Å². The van der Waals surface area contributed by atoms with Gasteiger partial charge in [0.1, 0.15) is 13.2 Å². The SMILES string of the molecule is CC/C=C\C/C=C\C/C=C\CCCCCC(=O)OCC(COC(=O)CCCCCCCCCCCCCCCCCCCCCCCCCCC)OC(=O)CCCCCCCCCCCCCCCCCCCCCC. The Balaban J connectivity index is 4.23. The molecule has 6 heteroatoms. The van der Waals surface area contributed by atoms with Crippen LogP contribution in [0.3, 0.4) is 0 Å². The van der Waals surface area contributed by atoms with Crippen molar-refractivity contribution in [3.05, 3.63) is 36.5 Å². The molecule has 0 N–H and O–H groups in total. The first kappa shape index (κ1) is 73.6. The van der Waals surface area contributed by atoms with Gasteiger partial charge in [-0.25, -0.2) is 0 Å². The molecule has 0 aliphatic heterocycles. The number of carbonyl (C=O) groups is 3. The molecule has 0 aromatic rings. The second-order valence-corrected chi connectivity index (χ2v) is 23.1. The summed E-state index contributed by atoms with van der Waals surface area (Å²) in [5.41, 5.74) is 0. The van der Waals surface area contributed by atoms with Gasteiger partial charge >= 0.3 is 17.9 Å². The minimum atomic E-state index is -0.781. The van der Waals surface area contributed by atoms with Crippen LogP contribution in [0.2, 0.25) is 0 Å². The third kappa shape index (κ3) is 62.5. The van der Waals surface area contributed by atoms with Crippen LogP contribution in [-0.4, -0.2) is 37.2 Å². The van der Waals surface area contributed by atoms with Crippen LogP contribution >= 0.6 is 0 Å². The quantitative estimate of drug-likeness (QED) is 0.0261. The Bertz CT molecular complexity index is 1270. The van der Waals surface area contributed by atoms with Crippen LogP contribution < -0.4 is 0 Å². The van der Waals surface area contributed by atoms with Crippen molar-refractivity contribution in [3.8, 4) is 0 Å². The molecule has 76 heavy (non-hydrogen) atoms. The average molecular weight is 1070 g/mol. The first-order chi connectivity index (χ1) is 37.5. The summed E-state index contributed by atoms with van der Waals surface area (Å²) in [6.45, 7) is 6.58. The zero-order valence-corrected chi connectivity index (χ0v) is 51.3. The van der Waals surface area contributed by atoms with Crippen LogP contribution in [0.4, 0.5) is 0 Å². The molecule has 0 bridgehead atoms. The molecule has 0 fully saturated rings. The molecule has 0 saturated carbocycles. The van der Waals surface area contributed by atoms with E-state index in [-0.39, 0.29) is 31.1 Å². The maximum absolute atomic E-state index is 12.9. The molecule has 0 aliphatic carbocycles. The van der Waals surface area contributed by atoms with Crippen LogP contribution in [-0.2, 0) is 28.6 Å². The summed E-state index contributed by atoms with van der Waals surface area (Å²) in [5.74, 6) is -0.879. The van der Waals surface area contributed by atoms with Gasteiger partial charge in [-0.15, -0.1) is 0 Å². The number of ether oxygens (including phenoxy) is 3. The lowest BCUT2D eigenvalue weighted by molar-refractivity contribution is -0.167. The Morgan fingerprint density at radius 1 is 0.276 bits per heavy atom. The number of rotatable bonds is 63. The fraction of sp³-hybridized carbons (Fsp3) is 0.871. The molecule has 0 radical (unpaired) electrons. The Morgan fingerprint density at radius 2 is 0.513 bits per heavy atom. The lowest BCUT2D eigenvalue weighted by Gasteiger charge is -2.18. The molecule has 0 saturated heterocycles. The van der Waals surface area contributed by atoms with Crippen molar-refractivity contribution >= 4 is 17.9 Å². The van der Waals surface area contributed by atoms with Crippen molar-refractivity contribution in [2.45, 2.75) is 380 Å². The van der Waals surface area contributed by atoms with Gasteiger partial charge in [-0.05, 0) is 51.4 Å². The van der Waals surface area contributed by atoms with E-state index in [9.17, 15) is 14.4 Å². The molecule has 0 amide bonds. The molecule has 0 heterocycles. The molecule has 0 aromatic carbocycles. The highest BCUT2D eigenvalue weighted by Gasteiger charge is 2.19. The minimum Gasteiger partial charge on any atom is -0.462 e. The van der Waals surface area contributed by atoms with E-state index in [2.05, 4.69) is 57.2 Å². The van der Waals surface area contributed by atoms with Crippen LogP contribution in [0.5, 0.6) is 0 Å². The molecule has 0 rings (SSSR count). The highest BCUT2D eigenvalue weighted by atomic mass is 16.6. The smallest absolute Gasteiger partial charge is 0.306 e. The van der Waals surface area contributed by atoms with Gasteiger partial charge in [-0.2, -0.15) is 0 Å². The first-order valence-corrected chi connectivity index (χ1v) is 34.0. The predicted octanol–water partition coefficient (Wildman–Crippen LogP) is 23.2. The first-order valence-electron chi connectivity index (χ1n) is 34.0. The number of carbonyl (C=O) groups excluding carboxylic acids is 3. The molecule has 0 aliphatic rings. The Morgan fingerprint density at radius 3 is 0.803 bits per heavy atom. The topological polar surface area (TPSA) is 78.9 Å². The van der Waals surface area contributed by atoms with Crippen molar-refractivity contribution in [2.24, 2.45) is 0 Å². The predicted molar refractivity (Wildman–Crippen MR) is 330 cm³/mol. The van der Waals surface area contributed by atoms with Gasteiger partial charge < -0.3 is 14.2 Å². The molecule has 0 aromatic heterocycles. The maximum atomic E-state index is 12.9. The van der Waals surface area contributed by atoms with Gasteiger partial charge in [-0.1, -0.05) is 340 Å². The monoisotopic (exact) mass is 1070 g/mol. The molecular formula is C70H130O6. The van der Waals surface area contributed by atoms with Crippen molar-refractivity contribution in [3.63, 3.8) is 0 Å². The molecule has 1 atom stereocenters. The van der Waals surface area contributed by atoms with Crippen LogP contribution in [0, 0.1) is 0 Å². The fourth-order valence-electron chi connectivity index (χ4n) is 10.3. The Labute approximate surface area is 474 Å². The average Bonchev–Trinajstić information content (AvgIpc) is 3.42. The summed E-state index contributed by atoms with van der Waals surface area (Å²) in [7, 11) is 0. The van der Waals surface area contributed by atoms with E-state index in [1.807, 2.05) is 0 Å². The van der Waals surface area contributed by atoms with Gasteiger partial charge in [-0.3, -0.25) is 14.4 Å². The van der Waals surface area contributed by atoms with E-state index >= 15 is 0 Å². The van der Waals surface area contributed by atoms with E-state index in [0.29, 0.717) is 19.3 Å². The van der Waals surface area contributed by atoms with Gasteiger partial charge in [0.15, 0.2) is 6.10 Å². The van der Waals surface area contributed by atoms with Crippen molar-refractivity contribution < 1.29 is 28.6 Å². The van der Waals surface area contributed by atoms with Gasteiger partial charge in [0.25, 0.3) is 0 Å². The third-order valence-corrected chi connectivity index (χ3v) is 15.4. The van der Waals surface area contributed by atoms with Crippen LogP contribution in [0.1, 0.15) is 374 Å². The summed E-state index contributed by atoms with van der Waals surface area (Å²) in [6, 6.07) is 0. The summed E-state index contributed by atoms with van der Waals surface area (Å²) >= 11 is 0. The lowest BCUT2D eigenvalue weighted by atomic mass is 10.0. The Hall–Kier alpha value is -2.37. The van der Waals surface area contributed by atoms with Gasteiger partial charge in [0, 0.05) is 19.3 Å². The van der Waals surface area contributed by atoms with Crippen LogP contribution in [0.15, 0.2) is 36.5 Å². The van der Waals surface area contributed by atoms with Crippen molar-refractivity contribution in [1.29, 1.82) is 0 Å². The second-order valence-electron chi connectivity index (χ2n) is 23.1. The van der Waals surface area contributed by atoms with Crippen LogP contribution in [0.25, 0.3) is 0 Å². The third-order valence-electron chi connectivity index (χ3n) is 15.4. The van der Waals surface area contributed by atoms with E-state index in [1.165, 1.54) is 250 Å². The molecule has 1 unspecified atom stereocenters. The summed E-state index contributed by atoms with van der Waals surface area (Å²) < 4.78 is 16.9. The van der Waals surface area contributed by atoms with E-state index in [0.717, 1.165) is 83.5 Å². The van der Waals surface area contributed by atoms with Gasteiger partial charge in [0.2, 0.25) is 0 Å². The maximum Gasteiger partial charge on any atom is 0.306 e. The second kappa shape index (κ2) is 65.2. The molecular weight excluding hydrogens is 937 g/mol. The molecule has 0 spiro atoms. The van der Waals surface area contributed by atoms with Crippen molar-refractivity contribution in [1.82, 2.24) is 0 Å². The number of unbranched alkanes of at least 4 members (excludes halogenated alkanes) is 46. The van der Waals surface area contributed by atoms with E-state index in [1.54, 1.807) is 0 Å². The highest BCUT2D eigenvalue weighted by molar-refractivity contribution is 5.71. The number of allylic oxidation sites excluding steroid dienone is 6. The highest BCUT2D eigenvalue weighted by Crippen LogP contribution is 2.19.